The number of anilines is 1. The average Bonchev–Trinajstić information content (AvgIpc) is 2.79. The summed E-state index contributed by atoms with van der Waals surface area (Å²) in [4.78, 5) is 0. The minimum absolute atomic E-state index is 0.123. The van der Waals surface area contributed by atoms with E-state index in [2.05, 4.69) is 24.3 Å². The molecule has 1 N–H and O–H groups in total. The van der Waals surface area contributed by atoms with Gasteiger partial charge in [-0.3, -0.25) is 4.68 Å². The molecule has 96 valence electrons. The molecule has 0 amide bonds. The zero-order chi connectivity index (χ0) is 13.1. The molecule has 0 spiro atoms. The number of nitrogens with one attached hydrogen (secondary N) is 1. The number of hydrogen-bond donors (Lipinski definition) is 1. The molecule has 2 rings (SSSR count). The van der Waals surface area contributed by atoms with E-state index >= 15 is 0 Å². The lowest BCUT2D eigenvalue weighted by molar-refractivity contribution is 0.532. The molecule has 18 heavy (non-hydrogen) atoms. The monoisotopic (exact) mass is 267 g/mol. The molecular weight excluding hydrogens is 253 g/mol. The van der Waals surface area contributed by atoms with E-state index < -0.39 is 5.82 Å². The fraction of sp³-hybridized carbons (Fsp3) is 0.308. The van der Waals surface area contributed by atoms with Crippen molar-refractivity contribution in [3.63, 3.8) is 0 Å². The maximum Gasteiger partial charge on any atom is 0.141 e. The maximum absolute atomic E-state index is 13.0. The van der Waals surface area contributed by atoms with Crippen molar-refractivity contribution in [3.05, 3.63) is 47.0 Å². The molecule has 0 fully saturated rings. The summed E-state index contributed by atoms with van der Waals surface area (Å²) in [5.74, 6) is -0.408. The molecule has 1 aromatic heterocycles. The number of halogens is 2. The van der Waals surface area contributed by atoms with Crippen LogP contribution in [0.3, 0.4) is 0 Å². The van der Waals surface area contributed by atoms with Gasteiger partial charge in [-0.2, -0.15) is 5.10 Å². The van der Waals surface area contributed by atoms with Crippen molar-refractivity contribution in [2.45, 2.75) is 26.4 Å². The second kappa shape index (κ2) is 5.40. The van der Waals surface area contributed by atoms with Gasteiger partial charge in [0.05, 0.1) is 11.2 Å². The van der Waals surface area contributed by atoms with Gasteiger partial charge in [0, 0.05) is 30.0 Å². The van der Waals surface area contributed by atoms with Crippen LogP contribution in [0.5, 0.6) is 0 Å². The summed E-state index contributed by atoms with van der Waals surface area (Å²) in [7, 11) is 0. The molecule has 0 aliphatic heterocycles. The Morgan fingerprint density at radius 3 is 2.83 bits per heavy atom. The first-order valence-electron chi connectivity index (χ1n) is 5.78. The van der Waals surface area contributed by atoms with Crippen LogP contribution >= 0.6 is 11.6 Å². The zero-order valence-electron chi connectivity index (χ0n) is 10.3. The Morgan fingerprint density at radius 2 is 2.22 bits per heavy atom. The van der Waals surface area contributed by atoms with E-state index in [9.17, 15) is 4.39 Å². The van der Waals surface area contributed by atoms with Crippen LogP contribution < -0.4 is 5.32 Å². The molecule has 0 bridgehead atoms. The number of hydrogen-bond acceptors (Lipinski definition) is 2. The van der Waals surface area contributed by atoms with Gasteiger partial charge in [-0.25, -0.2) is 4.39 Å². The Hall–Kier alpha value is -1.55. The molecule has 0 unspecified atom stereocenters. The smallest absolute Gasteiger partial charge is 0.141 e. The summed E-state index contributed by atoms with van der Waals surface area (Å²) >= 11 is 5.71. The first-order chi connectivity index (χ1) is 8.56. The zero-order valence-corrected chi connectivity index (χ0v) is 11.1. The van der Waals surface area contributed by atoms with Crippen LogP contribution in [0.1, 0.15) is 25.5 Å². The first kappa shape index (κ1) is 12.9. The van der Waals surface area contributed by atoms with Crippen molar-refractivity contribution in [1.29, 1.82) is 0 Å². The standard InChI is InChI=1S/C13H15ClFN3/c1-9(2)18-8-10(7-17-18)6-16-11-3-4-13(15)12(14)5-11/h3-5,7-9,16H,6H2,1-2H3. The third kappa shape index (κ3) is 3.01. The number of rotatable bonds is 4. The van der Waals surface area contributed by atoms with Crippen molar-refractivity contribution in [2.24, 2.45) is 0 Å². The van der Waals surface area contributed by atoms with Crippen LogP contribution in [-0.2, 0) is 6.54 Å². The highest BCUT2D eigenvalue weighted by Crippen LogP contribution is 2.19. The molecule has 2 aromatic rings. The van der Waals surface area contributed by atoms with Gasteiger partial charge >= 0.3 is 0 Å². The van der Waals surface area contributed by atoms with E-state index in [0.29, 0.717) is 12.6 Å². The predicted octanol–water partition coefficient (Wildman–Crippen LogP) is 3.87. The van der Waals surface area contributed by atoms with Crippen LogP contribution in [0.2, 0.25) is 5.02 Å². The van der Waals surface area contributed by atoms with Crippen LogP contribution in [0.15, 0.2) is 30.6 Å². The highest BCUT2D eigenvalue weighted by Gasteiger charge is 2.03. The van der Waals surface area contributed by atoms with Crippen molar-refractivity contribution in [1.82, 2.24) is 9.78 Å². The summed E-state index contributed by atoms with van der Waals surface area (Å²) < 4.78 is 14.9. The molecule has 1 heterocycles. The Morgan fingerprint density at radius 1 is 1.44 bits per heavy atom. The summed E-state index contributed by atoms with van der Waals surface area (Å²) in [6.45, 7) is 4.78. The third-order valence-corrected chi connectivity index (χ3v) is 2.89. The Labute approximate surface area is 111 Å². The third-order valence-electron chi connectivity index (χ3n) is 2.60. The van der Waals surface area contributed by atoms with Gasteiger partial charge in [0.25, 0.3) is 0 Å². The second-order valence-electron chi connectivity index (χ2n) is 4.40. The molecule has 0 saturated carbocycles. The SMILES string of the molecule is CC(C)n1cc(CNc2ccc(F)c(Cl)c2)cn1. The van der Waals surface area contributed by atoms with E-state index in [-0.39, 0.29) is 5.02 Å². The fourth-order valence-corrected chi connectivity index (χ4v) is 1.74. The molecule has 1 aromatic carbocycles. The minimum Gasteiger partial charge on any atom is -0.381 e. The highest BCUT2D eigenvalue weighted by atomic mass is 35.5. The van der Waals surface area contributed by atoms with E-state index in [0.717, 1.165) is 11.3 Å². The fourth-order valence-electron chi connectivity index (χ4n) is 1.56. The van der Waals surface area contributed by atoms with Crippen LogP contribution in [0.25, 0.3) is 0 Å². The number of aromatic nitrogens is 2. The van der Waals surface area contributed by atoms with Crippen molar-refractivity contribution in [3.8, 4) is 0 Å². The number of nitrogens with zero attached hydrogens (tertiary/aromatic N) is 2. The van der Waals surface area contributed by atoms with Crippen molar-refractivity contribution >= 4 is 17.3 Å². The molecule has 0 saturated heterocycles. The van der Waals surface area contributed by atoms with Gasteiger partial charge in [0.15, 0.2) is 0 Å². The highest BCUT2D eigenvalue weighted by molar-refractivity contribution is 6.31. The largest absolute Gasteiger partial charge is 0.381 e. The molecular formula is C13H15ClFN3. The van der Waals surface area contributed by atoms with E-state index in [1.807, 2.05) is 17.1 Å². The van der Waals surface area contributed by atoms with E-state index in [1.165, 1.54) is 6.07 Å². The van der Waals surface area contributed by atoms with Crippen LogP contribution in [-0.4, -0.2) is 9.78 Å². The molecule has 0 atom stereocenters. The molecule has 0 radical (unpaired) electrons. The molecule has 0 aliphatic rings. The summed E-state index contributed by atoms with van der Waals surface area (Å²) in [5.41, 5.74) is 1.86. The van der Waals surface area contributed by atoms with Gasteiger partial charge in [-0.05, 0) is 32.0 Å². The maximum atomic E-state index is 13.0. The second-order valence-corrected chi connectivity index (χ2v) is 4.81. The lowest BCUT2D eigenvalue weighted by Gasteiger charge is -2.06. The van der Waals surface area contributed by atoms with Crippen LogP contribution in [0.4, 0.5) is 10.1 Å². The molecule has 3 nitrogen and oxygen atoms in total. The van der Waals surface area contributed by atoms with Crippen LogP contribution in [0, 0.1) is 5.82 Å². The van der Waals surface area contributed by atoms with Crippen molar-refractivity contribution in [2.75, 3.05) is 5.32 Å². The van der Waals surface area contributed by atoms with Gasteiger partial charge < -0.3 is 5.32 Å². The van der Waals surface area contributed by atoms with Gasteiger partial charge in [-0.1, -0.05) is 11.6 Å². The van der Waals surface area contributed by atoms with Gasteiger partial charge in [0.1, 0.15) is 5.82 Å². The van der Waals surface area contributed by atoms with Crippen molar-refractivity contribution < 1.29 is 4.39 Å². The van der Waals surface area contributed by atoms with Gasteiger partial charge in [0.2, 0.25) is 0 Å². The summed E-state index contributed by atoms with van der Waals surface area (Å²) in [6.07, 6.45) is 3.81. The van der Waals surface area contributed by atoms with E-state index in [1.54, 1.807) is 12.1 Å². The lowest BCUT2D eigenvalue weighted by Crippen LogP contribution is -2.01. The molecule has 0 aliphatic carbocycles. The molecule has 5 heteroatoms. The Balaban J connectivity index is 2.00. The normalized spacial score (nSPS) is 10.9. The topological polar surface area (TPSA) is 29.9 Å². The Bertz CT molecular complexity index is 537. The summed E-state index contributed by atoms with van der Waals surface area (Å²) in [6, 6.07) is 4.93. The Kier molecular flexibility index (Phi) is 3.87. The van der Waals surface area contributed by atoms with E-state index in [4.69, 9.17) is 11.6 Å². The predicted molar refractivity (Wildman–Crippen MR) is 71.3 cm³/mol. The average molecular weight is 268 g/mol. The quantitative estimate of drug-likeness (QED) is 0.911. The lowest BCUT2D eigenvalue weighted by atomic mass is 10.3. The first-order valence-corrected chi connectivity index (χ1v) is 6.16. The number of benzene rings is 1. The minimum atomic E-state index is -0.408. The summed E-state index contributed by atoms with van der Waals surface area (Å²) in [5, 5.41) is 7.55. The van der Waals surface area contributed by atoms with Gasteiger partial charge in [-0.15, -0.1) is 0 Å².